The van der Waals surface area contributed by atoms with Crippen molar-refractivity contribution in [1.29, 1.82) is 0 Å². The number of nitrogens with one attached hydrogen (secondary N) is 1. The van der Waals surface area contributed by atoms with Crippen LogP contribution in [0.25, 0.3) is 0 Å². The quantitative estimate of drug-likeness (QED) is 0.406. The van der Waals surface area contributed by atoms with Crippen LogP contribution >= 0.6 is 0 Å². The van der Waals surface area contributed by atoms with Crippen molar-refractivity contribution < 1.29 is 4.79 Å². The standard InChI is InChI=1S/C29H41N3O/c30-28(33)29(24-13-7-5-8-14-24,25-15-9-6-10-16-25)26-19-22-32(23-26)21-12-4-2-1-3-11-20-31-27-17-18-27/h5-10,13-16,26-27,31H,1-4,11-12,17-23H2,(H2,30,33)/t26-/m1/s1. The summed E-state index contributed by atoms with van der Waals surface area (Å²) in [5.41, 5.74) is 7.48. The molecule has 0 aromatic heterocycles. The van der Waals surface area contributed by atoms with E-state index in [2.05, 4.69) is 34.5 Å². The average Bonchev–Trinajstić information content (AvgIpc) is 3.55. The first-order valence-electron chi connectivity index (χ1n) is 13.1. The highest BCUT2D eigenvalue weighted by atomic mass is 16.1. The number of carbonyl (C=O) groups is 1. The zero-order valence-corrected chi connectivity index (χ0v) is 20.1. The summed E-state index contributed by atoms with van der Waals surface area (Å²) in [4.78, 5) is 15.7. The lowest BCUT2D eigenvalue weighted by Crippen LogP contribution is -2.49. The third-order valence-electron chi connectivity index (χ3n) is 7.64. The number of hydrogen-bond acceptors (Lipinski definition) is 3. The molecule has 4 heteroatoms. The number of likely N-dealkylation sites (tertiary alicyclic amines) is 1. The maximum absolute atomic E-state index is 13.2. The van der Waals surface area contributed by atoms with Crippen molar-refractivity contribution in [2.75, 3.05) is 26.2 Å². The molecular weight excluding hydrogens is 406 g/mol. The molecule has 2 aromatic rings. The van der Waals surface area contributed by atoms with Crippen LogP contribution in [0.5, 0.6) is 0 Å². The van der Waals surface area contributed by atoms with Gasteiger partial charge in [0.05, 0.1) is 0 Å². The van der Waals surface area contributed by atoms with Crippen molar-refractivity contribution in [2.45, 2.75) is 69.2 Å². The molecule has 4 nitrogen and oxygen atoms in total. The first-order chi connectivity index (χ1) is 16.2. The highest BCUT2D eigenvalue weighted by molar-refractivity contribution is 5.91. The molecule has 33 heavy (non-hydrogen) atoms. The van der Waals surface area contributed by atoms with Gasteiger partial charge in [0, 0.05) is 12.6 Å². The Labute approximate surface area is 199 Å². The van der Waals surface area contributed by atoms with Gasteiger partial charge in [-0.15, -0.1) is 0 Å². The Morgan fingerprint density at radius 1 is 0.848 bits per heavy atom. The van der Waals surface area contributed by atoms with Gasteiger partial charge in [-0.05, 0) is 68.8 Å². The maximum atomic E-state index is 13.2. The van der Waals surface area contributed by atoms with Crippen molar-refractivity contribution in [1.82, 2.24) is 10.2 Å². The second-order valence-electron chi connectivity index (χ2n) is 10.0. The molecular formula is C29H41N3O. The number of hydrogen-bond donors (Lipinski definition) is 2. The van der Waals surface area contributed by atoms with Gasteiger partial charge in [-0.1, -0.05) is 86.3 Å². The monoisotopic (exact) mass is 447 g/mol. The highest BCUT2D eigenvalue weighted by Gasteiger charge is 2.49. The van der Waals surface area contributed by atoms with Gasteiger partial charge < -0.3 is 16.0 Å². The molecule has 1 aliphatic heterocycles. The molecule has 178 valence electrons. The number of unbranched alkanes of at least 4 members (excludes halogenated alkanes) is 5. The Morgan fingerprint density at radius 3 is 2.00 bits per heavy atom. The molecule has 1 saturated carbocycles. The fourth-order valence-corrected chi connectivity index (χ4v) is 5.68. The topological polar surface area (TPSA) is 58.4 Å². The van der Waals surface area contributed by atoms with Crippen LogP contribution in [0.1, 0.15) is 68.9 Å². The fraction of sp³-hybridized carbons (Fsp3) is 0.552. The van der Waals surface area contributed by atoms with Crippen LogP contribution in [-0.2, 0) is 10.2 Å². The minimum absolute atomic E-state index is 0.193. The molecule has 0 spiro atoms. The lowest BCUT2D eigenvalue weighted by atomic mass is 9.64. The molecule has 1 amide bonds. The van der Waals surface area contributed by atoms with Gasteiger partial charge in [0.15, 0.2) is 0 Å². The van der Waals surface area contributed by atoms with Crippen LogP contribution < -0.4 is 11.1 Å². The molecule has 1 saturated heterocycles. The van der Waals surface area contributed by atoms with Crippen LogP contribution in [0.2, 0.25) is 0 Å². The van der Waals surface area contributed by atoms with Crippen LogP contribution in [0, 0.1) is 5.92 Å². The van der Waals surface area contributed by atoms with Gasteiger partial charge in [0.1, 0.15) is 5.41 Å². The van der Waals surface area contributed by atoms with Gasteiger partial charge in [-0.25, -0.2) is 0 Å². The number of primary amides is 1. The Balaban J connectivity index is 1.30. The molecule has 0 bridgehead atoms. The number of carbonyl (C=O) groups excluding carboxylic acids is 1. The Bertz CT molecular complexity index is 810. The van der Waals surface area contributed by atoms with E-state index >= 15 is 0 Å². The molecule has 3 N–H and O–H groups in total. The summed E-state index contributed by atoms with van der Waals surface area (Å²) in [6.07, 6.45) is 11.7. The van der Waals surface area contributed by atoms with E-state index in [-0.39, 0.29) is 11.8 Å². The van der Waals surface area contributed by atoms with Crippen molar-refractivity contribution in [2.24, 2.45) is 11.7 Å². The second kappa shape index (κ2) is 11.8. The van der Waals surface area contributed by atoms with E-state index in [4.69, 9.17) is 5.73 Å². The normalized spacial score (nSPS) is 19.1. The number of nitrogens with zero attached hydrogens (tertiary/aromatic N) is 1. The summed E-state index contributed by atoms with van der Waals surface area (Å²) in [5.74, 6) is -0.0401. The molecule has 0 radical (unpaired) electrons. The van der Waals surface area contributed by atoms with Crippen molar-refractivity contribution in [3.63, 3.8) is 0 Å². The summed E-state index contributed by atoms with van der Waals surface area (Å²) in [5, 5.41) is 3.60. The van der Waals surface area contributed by atoms with Gasteiger partial charge in [-0.2, -0.15) is 0 Å². The highest BCUT2D eigenvalue weighted by Crippen LogP contribution is 2.43. The largest absolute Gasteiger partial charge is 0.369 e. The molecule has 1 heterocycles. The summed E-state index contributed by atoms with van der Waals surface area (Å²) in [6.45, 7) is 4.30. The van der Waals surface area contributed by atoms with Gasteiger partial charge in [0.25, 0.3) is 0 Å². The first kappa shape index (κ1) is 24.0. The van der Waals surface area contributed by atoms with Crippen molar-refractivity contribution >= 4 is 5.91 Å². The smallest absolute Gasteiger partial charge is 0.232 e. The molecule has 1 aliphatic carbocycles. The zero-order valence-electron chi connectivity index (χ0n) is 20.1. The van der Waals surface area contributed by atoms with Crippen LogP contribution in [-0.4, -0.2) is 43.0 Å². The van der Waals surface area contributed by atoms with E-state index in [0.717, 1.165) is 43.2 Å². The predicted molar refractivity (Wildman–Crippen MR) is 136 cm³/mol. The van der Waals surface area contributed by atoms with E-state index in [0.29, 0.717) is 0 Å². The third kappa shape index (κ3) is 6.04. The number of rotatable bonds is 14. The Kier molecular flexibility index (Phi) is 8.57. The molecule has 4 rings (SSSR count). The number of amides is 1. The molecule has 2 aromatic carbocycles. The van der Waals surface area contributed by atoms with Crippen LogP contribution in [0.15, 0.2) is 60.7 Å². The van der Waals surface area contributed by atoms with E-state index in [1.807, 2.05) is 36.4 Å². The lowest BCUT2D eigenvalue weighted by Gasteiger charge is -2.37. The van der Waals surface area contributed by atoms with E-state index < -0.39 is 5.41 Å². The molecule has 0 unspecified atom stereocenters. The zero-order chi connectivity index (χ0) is 22.9. The van der Waals surface area contributed by atoms with E-state index in [9.17, 15) is 4.79 Å². The number of benzene rings is 2. The van der Waals surface area contributed by atoms with Crippen LogP contribution in [0.3, 0.4) is 0 Å². The van der Waals surface area contributed by atoms with Crippen LogP contribution in [0.4, 0.5) is 0 Å². The minimum Gasteiger partial charge on any atom is -0.369 e. The first-order valence-corrected chi connectivity index (χ1v) is 13.1. The van der Waals surface area contributed by atoms with Gasteiger partial charge in [0.2, 0.25) is 5.91 Å². The summed E-state index contributed by atoms with van der Waals surface area (Å²) in [6, 6.07) is 21.2. The fourth-order valence-electron chi connectivity index (χ4n) is 5.68. The maximum Gasteiger partial charge on any atom is 0.232 e. The van der Waals surface area contributed by atoms with Gasteiger partial charge in [-0.3, -0.25) is 4.79 Å². The minimum atomic E-state index is -0.772. The van der Waals surface area contributed by atoms with E-state index in [1.54, 1.807) is 0 Å². The summed E-state index contributed by atoms with van der Waals surface area (Å²) < 4.78 is 0. The summed E-state index contributed by atoms with van der Waals surface area (Å²) >= 11 is 0. The molecule has 2 aliphatic rings. The molecule has 1 atom stereocenters. The summed E-state index contributed by atoms with van der Waals surface area (Å²) in [7, 11) is 0. The lowest BCUT2D eigenvalue weighted by molar-refractivity contribution is -0.123. The Morgan fingerprint density at radius 2 is 1.42 bits per heavy atom. The van der Waals surface area contributed by atoms with E-state index in [1.165, 1.54) is 57.9 Å². The van der Waals surface area contributed by atoms with Crippen molar-refractivity contribution in [3.05, 3.63) is 71.8 Å². The SMILES string of the molecule is NC(=O)C(c1ccccc1)(c1ccccc1)[C@@H]1CCN(CCCCCCCCNC2CC2)C1. The Hall–Kier alpha value is -2.17. The van der Waals surface area contributed by atoms with Gasteiger partial charge >= 0.3 is 0 Å². The second-order valence-corrected chi connectivity index (χ2v) is 10.0. The third-order valence-corrected chi connectivity index (χ3v) is 7.64. The van der Waals surface area contributed by atoms with Crippen molar-refractivity contribution in [3.8, 4) is 0 Å². The average molecular weight is 448 g/mol. The predicted octanol–water partition coefficient (Wildman–Crippen LogP) is 4.87. The molecule has 2 fully saturated rings. The number of nitrogens with two attached hydrogens (primary N) is 1.